The molecule has 14 heavy (non-hydrogen) atoms. The standard InChI is InChI=1S/C10H11N3S/c1-6-3-4-8(5-7(6)2)9-12-10(11)13-14-9/h3-5H,1-2H3,(H2,11,13). The van der Waals surface area contributed by atoms with Gasteiger partial charge in [-0.25, -0.2) is 0 Å². The van der Waals surface area contributed by atoms with Crippen molar-refractivity contribution in [1.82, 2.24) is 9.36 Å². The molecule has 2 rings (SSSR count). The molecule has 3 nitrogen and oxygen atoms in total. The van der Waals surface area contributed by atoms with Crippen molar-refractivity contribution in [2.24, 2.45) is 0 Å². The van der Waals surface area contributed by atoms with Crippen LogP contribution in [0.5, 0.6) is 0 Å². The van der Waals surface area contributed by atoms with E-state index in [9.17, 15) is 0 Å². The van der Waals surface area contributed by atoms with Gasteiger partial charge in [0.1, 0.15) is 5.01 Å². The Bertz CT molecular complexity index is 462. The SMILES string of the molecule is Cc1ccc(-c2nc(N)ns2)cc1C. The number of aryl methyl sites for hydroxylation is 2. The summed E-state index contributed by atoms with van der Waals surface area (Å²) in [4.78, 5) is 4.14. The average Bonchev–Trinajstić information content (AvgIpc) is 2.57. The zero-order valence-corrected chi connectivity index (χ0v) is 8.93. The van der Waals surface area contributed by atoms with Crippen LogP contribution in [0.3, 0.4) is 0 Å². The second-order valence-corrected chi connectivity index (χ2v) is 4.01. The lowest BCUT2D eigenvalue weighted by Crippen LogP contribution is -1.86. The zero-order valence-electron chi connectivity index (χ0n) is 8.11. The Kier molecular flexibility index (Phi) is 2.21. The Morgan fingerprint density at radius 3 is 2.57 bits per heavy atom. The molecule has 0 amide bonds. The minimum absolute atomic E-state index is 0.350. The van der Waals surface area contributed by atoms with E-state index in [1.807, 2.05) is 6.07 Å². The predicted octanol–water partition coefficient (Wildman–Crippen LogP) is 2.40. The van der Waals surface area contributed by atoms with Gasteiger partial charge < -0.3 is 5.73 Å². The summed E-state index contributed by atoms with van der Waals surface area (Å²) >= 11 is 1.33. The van der Waals surface area contributed by atoms with E-state index in [1.54, 1.807) is 0 Å². The van der Waals surface area contributed by atoms with Gasteiger partial charge in [0, 0.05) is 5.56 Å². The maximum Gasteiger partial charge on any atom is 0.232 e. The van der Waals surface area contributed by atoms with E-state index in [0.717, 1.165) is 10.6 Å². The summed E-state index contributed by atoms with van der Waals surface area (Å²) in [6, 6.07) is 6.24. The number of rotatable bonds is 1. The predicted molar refractivity (Wildman–Crippen MR) is 59.2 cm³/mol. The summed E-state index contributed by atoms with van der Waals surface area (Å²) in [5.41, 5.74) is 9.10. The Labute approximate surface area is 86.8 Å². The van der Waals surface area contributed by atoms with Crippen molar-refractivity contribution in [1.29, 1.82) is 0 Å². The molecule has 0 radical (unpaired) electrons. The van der Waals surface area contributed by atoms with Gasteiger partial charge in [0.2, 0.25) is 5.95 Å². The van der Waals surface area contributed by atoms with Crippen LogP contribution in [0.2, 0.25) is 0 Å². The Morgan fingerprint density at radius 2 is 2.00 bits per heavy atom. The van der Waals surface area contributed by atoms with Crippen molar-refractivity contribution in [2.45, 2.75) is 13.8 Å². The number of anilines is 1. The number of nitrogens with two attached hydrogens (primary N) is 1. The highest BCUT2D eigenvalue weighted by molar-refractivity contribution is 7.09. The highest BCUT2D eigenvalue weighted by Crippen LogP contribution is 2.24. The molecule has 2 N–H and O–H groups in total. The van der Waals surface area contributed by atoms with Gasteiger partial charge in [-0.1, -0.05) is 12.1 Å². The number of nitrogens with zero attached hydrogens (tertiary/aromatic N) is 2. The van der Waals surface area contributed by atoms with Crippen LogP contribution in [0.15, 0.2) is 18.2 Å². The van der Waals surface area contributed by atoms with E-state index in [1.165, 1.54) is 22.7 Å². The van der Waals surface area contributed by atoms with E-state index in [2.05, 4.69) is 35.3 Å². The molecule has 0 aliphatic rings. The van der Waals surface area contributed by atoms with Gasteiger partial charge in [-0.15, -0.1) is 0 Å². The summed E-state index contributed by atoms with van der Waals surface area (Å²) in [6.45, 7) is 4.18. The van der Waals surface area contributed by atoms with E-state index in [-0.39, 0.29) is 0 Å². The molecule has 1 aromatic carbocycles. The third kappa shape index (κ3) is 1.61. The summed E-state index contributed by atoms with van der Waals surface area (Å²) in [5.74, 6) is 0.350. The van der Waals surface area contributed by atoms with Crippen LogP contribution in [0, 0.1) is 13.8 Å². The Morgan fingerprint density at radius 1 is 1.21 bits per heavy atom. The molecule has 0 saturated carbocycles. The summed E-state index contributed by atoms with van der Waals surface area (Å²) in [5, 5.41) is 0.880. The lowest BCUT2D eigenvalue weighted by Gasteiger charge is -2.01. The van der Waals surface area contributed by atoms with Crippen LogP contribution in [-0.2, 0) is 0 Å². The second-order valence-electron chi connectivity index (χ2n) is 3.26. The van der Waals surface area contributed by atoms with E-state index < -0.39 is 0 Å². The van der Waals surface area contributed by atoms with Crippen molar-refractivity contribution in [3.63, 3.8) is 0 Å². The largest absolute Gasteiger partial charge is 0.367 e. The van der Waals surface area contributed by atoms with Crippen molar-refractivity contribution < 1.29 is 0 Å². The number of aromatic nitrogens is 2. The maximum atomic E-state index is 5.47. The Balaban J connectivity index is 2.47. The van der Waals surface area contributed by atoms with Crippen LogP contribution in [0.4, 0.5) is 5.95 Å². The third-order valence-electron chi connectivity index (χ3n) is 2.20. The first-order chi connectivity index (χ1) is 6.66. The zero-order chi connectivity index (χ0) is 10.1. The average molecular weight is 205 g/mol. The van der Waals surface area contributed by atoms with Gasteiger partial charge >= 0.3 is 0 Å². The Hall–Kier alpha value is -1.42. The molecule has 0 aliphatic carbocycles. The van der Waals surface area contributed by atoms with Crippen LogP contribution >= 0.6 is 11.5 Å². The minimum atomic E-state index is 0.350. The third-order valence-corrected chi connectivity index (χ3v) is 2.97. The molecule has 4 heteroatoms. The second kappa shape index (κ2) is 3.38. The number of hydrogen-bond acceptors (Lipinski definition) is 4. The van der Waals surface area contributed by atoms with Gasteiger partial charge in [-0.2, -0.15) is 9.36 Å². The van der Waals surface area contributed by atoms with E-state index in [0.29, 0.717) is 5.95 Å². The maximum absolute atomic E-state index is 5.47. The van der Waals surface area contributed by atoms with Crippen molar-refractivity contribution >= 4 is 17.5 Å². The molecule has 0 atom stereocenters. The normalized spacial score (nSPS) is 10.4. The number of nitrogen functional groups attached to an aromatic ring is 1. The molecule has 0 fully saturated rings. The van der Waals surface area contributed by atoms with Crippen LogP contribution in [-0.4, -0.2) is 9.36 Å². The number of hydrogen-bond donors (Lipinski definition) is 1. The molecule has 0 saturated heterocycles. The van der Waals surface area contributed by atoms with Crippen molar-refractivity contribution in [3.8, 4) is 10.6 Å². The van der Waals surface area contributed by atoms with Crippen LogP contribution in [0.1, 0.15) is 11.1 Å². The van der Waals surface area contributed by atoms with Gasteiger partial charge in [0.15, 0.2) is 0 Å². The highest BCUT2D eigenvalue weighted by atomic mass is 32.1. The summed E-state index contributed by atoms with van der Waals surface area (Å²) in [6.07, 6.45) is 0. The van der Waals surface area contributed by atoms with Crippen LogP contribution in [0.25, 0.3) is 10.6 Å². The van der Waals surface area contributed by atoms with Gasteiger partial charge in [0.05, 0.1) is 0 Å². The molecular formula is C10H11N3S. The monoisotopic (exact) mass is 205 g/mol. The lowest BCUT2D eigenvalue weighted by atomic mass is 10.1. The van der Waals surface area contributed by atoms with Crippen LogP contribution < -0.4 is 5.73 Å². The topological polar surface area (TPSA) is 51.8 Å². The fourth-order valence-corrected chi connectivity index (χ4v) is 1.81. The fourth-order valence-electron chi connectivity index (χ4n) is 1.23. The molecule has 0 bridgehead atoms. The van der Waals surface area contributed by atoms with E-state index in [4.69, 9.17) is 5.73 Å². The van der Waals surface area contributed by atoms with Gasteiger partial charge in [-0.3, -0.25) is 0 Å². The molecule has 1 aromatic heterocycles. The quantitative estimate of drug-likeness (QED) is 0.777. The molecule has 0 aliphatic heterocycles. The van der Waals surface area contributed by atoms with Crippen molar-refractivity contribution in [2.75, 3.05) is 5.73 Å². The lowest BCUT2D eigenvalue weighted by molar-refractivity contribution is 1.31. The molecule has 1 heterocycles. The first kappa shape index (κ1) is 9.15. The number of benzene rings is 1. The fraction of sp³-hybridized carbons (Fsp3) is 0.200. The molecule has 0 unspecified atom stereocenters. The molecular weight excluding hydrogens is 194 g/mol. The van der Waals surface area contributed by atoms with Crippen molar-refractivity contribution in [3.05, 3.63) is 29.3 Å². The molecule has 72 valence electrons. The molecule has 2 aromatic rings. The first-order valence-corrected chi connectivity index (χ1v) is 5.11. The first-order valence-electron chi connectivity index (χ1n) is 4.33. The highest BCUT2D eigenvalue weighted by Gasteiger charge is 2.04. The molecule has 0 spiro atoms. The summed E-state index contributed by atoms with van der Waals surface area (Å²) < 4.78 is 3.95. The minimum Gasteiger partial charge on any atom is -0.367 e. The summed E-state index contributed by atoms with van der Waals surface area (Å²) in [7, 11) is 0. The smallest absolute Gasteiger partial charge is 0.232 e. The van der Waals surface area contributed by atoms with Gasteiger partial charge in [-0.05, 0) is 42.6 Å². The van der Waals surface area contributed by atoms with Gasteiger partial charge in [0.25, 0.3) is 0 Å². The van der Waals surface area contributed by atoms with E-state index >= 15 is 0 Å².